The van der Waals surface area contributed by atoms with E-state index in [0.717, 1.165) is 52.4 Å². The first kappa shape index (κ1) is 19.0. The number of fused-ring (bicyclic) bond motifs is 2. The molecule has 0 amide bonds. The lowest BCUT2D eigenvalue weighted by Crippen LogP contribution is -2.30. The molecule has 0 saturated carbocycles. The summed E-state index contributed by atoms with van der Waals surface area (Å²) in [7, 11) is 0. The molecule has 0 unspecified atom stereocenters. The van der Waals surface area contributed by atoms with Crippen molar-refractivity contribution in [3.05, 3.63) is 23.1 Å². The molecule has 2 aromatic heterocycles. The van der Waals surface area contributed by atoms with E-state index in [1.165, 1.54) is 95.5 Å². The summed E-state index contributed by atoms with van der Waals surface area (Å²) in [4.78, 5) is 15.7. The molecule has 3 aromatic rings. The van der Waals surface area contributed by atoms with Crippen LogP contribution < -0.4 is 29.9 Å². The van der Waals surface area contributed by atoms with Gasteiger partial charge in [0.1, 0.15) is 0 Å². The lowest BCUT2D eigenvalue weighted by Gasteiger charge is -2.12. The molecule has 32 heavy (non-hydrogen) atoms. The molecule has 4 fully saturated rings. The maximum atomic E-state index is 5.31. The van der Waals surface area contributed by atoms with Gasteiger partial charge in [0.25, 0.3) is 11.6 Å². The Bertz CT molecular complexity index is 1190. The summed E-state index contributed by atoms with van der Waals surface area (Å²) >= 11 is 0. The van der Waals surface area contributed by atoms with Gasteiger partial charge in [0.15, 0.2) is 0 Å². The van der Waals surface area contributed by atoms with Crippen LogP contribution in [0, 0.1) is 0 Å². The molecule has 0 N–H and O–H groups in total. The fourth-order valence-electron chi connectivity index (χ4n) is 6.46. The third kappa shape index (κ3) is 2.91. The molecule has 7 rings (SSSR count). The smallest absolute Gasteiger partial charge is 0.329 e. The number of benzene rings is 1. The van der Waals surface area contributed by atoms with E-state index in [9.17, 15) is 0 Å². The zero-order valence-corrected chi connectivity index (χ0v) is 19.2. The predicted molar refractivity (Wildman–Crippen MR) is 131 cm³/mol. The summed E-state index contributed by atoms with van der Waals surface area (Å²) in [5, 5.41) is 5.40. The minimum absolute atomic E-state index is 1.14. The molecular formula is C26H34N6+2. The van der Waals surface area contributed by atoms with Crippen molar-refractivity contribution in [3.63, 3.8) is 0 Å². The Morgan fingerprint density at radius 2 is 0.875 bits per heavy atom. The maximum absolute atomic E-state index is 5.31. The highest BCUT2D eigenvalue weighted by Gasteiger charge is 2.31. The molecule has 6 nitrogen and oxygen atoms in total. The van der Waals surface area contributed by atoms with Gasteiger partial charge in [-0.15, -0.1) is 0 Å². The van der Waals surface area contributed by atoms with Crippen molar-refractivity contribution >= 4 is 33.2 Å². The molecule has 6 heterocycles. The lowest BCUT2D eigenvalue weighted by molar-refractivity contribution is 0.680. The van der Waals surface area contributed by atoms with Gasteiger partial charge in [-0.05, 0) is 73.5 Å². The molecular weight excluding hydrogens is 396 g/mol. The molecule has 4 aliphatic rings. The third-order valence-electron chi connectivity index (χ3n) is 8.17. The Morgan fingerprint density at radius 1 is 0.500 bits per heavy atom. The Balaban J connectivity index is 1.56. The summed E-state index contributed by atoms with van der Waals surface area (Å²) in [6.45, 7) is 9.12. The van der Waals surface area contributed by atoms with Crippen LogP contribution in [0.5, 0.6) is 0 Å². The van der Waals surface area contributed by atoms with E-state index in [1.54, 1.807) is 0 Å². The van der Waals surface area contributed by atoms with Gasteiger partial charge >= 0.3 is 11.0 Å². The normalized spacial score (nSPS) is 22.0. The number of nitrogens with zero attached hydrogens (tertiary/aromatic N) is 6. The summed E-state index contributed by atoms with van der Waals surface area (Å²) in [5.41, 5.74) is 2.44. The number of rotatable bonds is 2. The zero-order valence-electron chi connectivity index (χ0n) is 19.2. The van der Waals surface area contributed by atoms with Crippen molar-refractivity contribution in [1.29, 1.82) is 0 Å². The van der Waals surface area contributed by atoms with E-state index in [-0.39, 0.29) is 0 Å². The summed E-state index contributed by atoms with van der Waals surface area (Å²) in [5.74, 6) is 2.44. The zero-order chi connectivity index (χ0) is 21.1. The number of hydrogen-bond acceptors (Lipinski definition) is 4. The minimum Gasteiger partial charge on any atom is -0.335 e. The quantitative estimate of drug-likeness (QED) is 0.583. The van der Waals surface area contributed by atoms with Crippen LogP contribution in [-0.2, 0) is 0 Å². The second-order valence-corrected chi connectivity index (χ2v) is 10.2. The van der Waals surface area contributed by atoms with Crippen LogP contribution in [0.3, 0.4) is 0 Å². The van der Waals surface area contributed by atoms with E-state index < -0.39 is 0 Å². The van der Waals surface area contributed by atoms with Crippen molar-refractivity contribution in [3.8, 4) is 0 Å². The molecule has 4 saturated heterocycles. The van der Waals surface area contributed by atoms with Crippen molar-refractivity contribution in [2.75, 3.05) is 62.2 Å². The fraction of sp³-hybridized carbons (Fsp3) is 0.615. The minimum atomic E-state index is 1.14. The maximum Gasteiger partial charge on any atom is 0.329 e. The van der Waals surface area contributed by atoms with Gasteiger partial charge in [-0.2, -0.15) is 0 Å². The van der Waals surface area contributed by atoms with Crippen LogP contribution in [0.25, 0.3) is 21.5 Å². The van der Waals surface area contributed by atoms with E-state index in [0.29, 0.717) is 0 Å². The molecule has 4 aliphatic heterocycles. The third-order valence-corrected chi connectivity index (χ3v) is 8.17. The van der Waals surface area contributed by atoms with Crippen LogP contribution in [0.1, 0.15) is 51.4 Å². The van der Waals surface area contributed by atoms with E-state index >= 15 is 0 Å². The Labute approximate surface area is 189 Å². The van der Waals surface area contributed by atoms with Gasteiger partial charge < -0.3 is 9.80 Å². The molecule has 166 valence electrons. The first-order chi connectivity index (χ1) is 15.9. The lowest BCUT2D eigenvalue weighted by atomic mass is 10.1. The van der Waals surface area contributed by atoms with E-state index in [1.807, 2.05) is 0 Å². The topological polar surface area (TPSA) is 38.3 Å². The molecule has 6 heteroatoms. The average molecular weight is 431 g/mol. The predicted octanol–water partition coefficient (Wildman–Crippen LogP) is 1.99. The van der Waals surface area contributed by atoms with Crippen LogP contribution in [0.4, 0.5) is 11.6 Å². The standard InChI is InChI=1S/C26H34N6/c1-2-10-29(9-1)23-19-17-21-22(18-20(19)24(27-23)30-11-3-4-12-30)26(32-15-7-8-16-32)28-25(21)31-13-5-6-14-31/h17-18H,1-16H2/q+2. The molecule has 0 spiro atoms. The van der Waals surface area contributed by atoms with Crippen LogP contribution in [-0.4, -0.2) is 62.3 Å². The highest BCUT2D eigenvalue weighted by molar-refractivity contribution is 6.07. The SMILES string of the molecule is c1c2c(N3CCCC3)nc(=[N+]3CCCC3)c2cc2c(=[N+]3CCCC3)nc(N3CCCC3)c12. The number of aromatic nitrogens is 2. The van der Waals surface area contributed by atoms with Crippen molar-refractivity contribution < 1.29 is 0 Å². The highest BCUT2D eigenvalue weighted by Crippen LogP contribution is 2.33. The Morgan fingerprint density at radius 3 is 1.28 bits per heavy atom. The van der Waals surface area contributed by atoms with Crippen LogP contribution >= 0.6 is 0 Å². The van der Waals surface area contributed by atoms with Crippen molar-refractivity contribution in [2.45, 2.75) is 51.4 Å². The van der Waals surface area contributed by atoms with Crippen molar-refractivity contribution in [1.82, 2.24) is 19.1 Å². The van der Waals surface area contributed by atoms with Crippen LogP contribution in [0.15, 0.2) is 12.1 Å². The van der Waals surface area contributed by atoms with Gasteiger partial charge in [-0.1, -0.05) is 0 Å². The Hall–Kier alpha value is -2.50. The molecule has 0 bridgehead atoms. The van der Waals surface area contributed by atoms with Gasteiger partial charge in [0, 0.05) is 26.2 Å². The molecule has 0 atom stereocenters. The van der Waals surface area contributed by atoms with Crippen molar-refractivity contribution in [2.24, 2.45) is 0 Å². The van der Waals surface area contributed by atoms with Gasteiger partial charge in [-0.3, -0.25) is 9.15 Å². The van der Waals surface area contributed by atoms with Gasteiger partial charge in [0.05, 0.1) is 47.7 Å². The van der Waals surface area contributed by atoms with E-state index in [2.05, 4.69) is 31.1 Å². The second-order valence-electron chi connectivity index (χ2n) is 10.2. The molecule has 0 radical (unpaired) electrons. The van der Waals surface area contributed by atoms with Gasteiger partial charge in [-0.25, -0.2) is 0 Å². The summed E-state index contributed by atoms with van der Waals surface area (Å²) in [6, 6.07) is 4.93. The molecule has 1 aromatic carbocycles. The van der Waals surface area contributed by atoms with E-state index in [4.69, 9.17) is 9.97 Å². The second kappa shape index (κ2) is 7.53. The highest BCUT2D eigenvalue weighted by atomic mass is 15.2. The first-order valence-corrected chi connectivity index (χ1v) is 13.0. The Kier molecular flexibility index (Phi) is 4.47. The van der Waals surface area contributed by atoms with Crippen LogP contribution in [0.2, 0.25) is 0 Å². The monoisotopic (exact) mass is 430 g/mol. The fourth-order valence-corrected chi connectivity index (χ4v) is 6.46. The summed E-state index contributed by atoms with van der Waals surface area (Å²) in [6.07, 6.45) is 10.3. The first-order valence-electron chi connectivity index (χ1n) is 13.0. The number of anilines is 2. The van der Waals surface area contributed by atoms with Gasteiger partial charge in [0.2, 0.25) is 0 Å². The largest absolute Gasteiger partial charge is 0.335 e. The summed E-state index contributed by atoms with van der Waals surface area (Å²) < 4.78 is 5.06. The molecule has 0 aliphatic carbocycles. The average Bonchev–Trinajstić information content (AvgIpc) is 3.65. The number of hydrogen-bond donors (Lipinski definition) is 0.